The van der Waals surface area contributed by atoms with Crippen LogP contribution in [-0.4, -0.2) is 26.7 Å². The SMILES string of the molecule is CCNS(=O)(=O)NCc1cc(C#CCO)ccc1F. The molecule has 0 saturated heterocycles. The highest BCUT2D eigenvalue weighted by molar-refractivity contribution is 7.87. The van der Waals surface area contributed by atoms with Crippen LogP contribution in [0.5, 0.6) is 0 Å². The Hall–Kier alpha value is -1.46. The van der Waals surface area contributed by atoms with Gasteiger partial charge < -0.3 is 5.11 Å². The highest BCUT2D eigenvalue weighted by Crippen LogP contribution is 2.10. The molecule has 1 aromatic carbocycles. The van der Waals surface area contributed by atoms with Crippen LogP contribution in [-0.2, 0) is 16.8 Å². The van der Waals surface area contributed by atoms with Gasteiger partial charge in [-0.25, -0.2) is 9.11 Å². The lowest BCUT2D eigenvalue weighted by Crippen LogP contribution is -2.36. The van der Waals surface area contributed by atoms with Crippen molar-refractivity contribution < 1.29 is 17.9 Å². The number of aliphatic hydroxyl groups is 1. The predicted octanol–water partition coefficient (Wildman–Crippen LogP) is 0.113. The van der Waals surface area contributed by atoms with Crippen molar-refractivity contribution in [1.29, 1.82) is 0 Å². The number of halogens is 1. The zero-order valence-corrected chi connectivity index (χ0v) is 11.2. The molecule has 0 unspecified atom stereocenters. The molecule has 0 spiro atoms. The summed E-state index contributed by atoms with van der Waals surface area (Å²) >= 11 is 0. The van der Waals surface area contributed by atoms with Gasteiger partial charge in [0.25, 0.3) is 10.2 Å². The fraction of sp³-hybridized carbons (Fsp3) is 0.333. The first-order valence-electron chi connectivity index (χ1n) is 5.61. The van der Waals surface area contributed by atoms with E-state index in [9.17, 15) is 12.8 Å². The van der Waals surface area contributed by atoms with Gasteiger partial charge in [0, 0.05) is 24.2 Å². The van der Waals surface area contributed by atoms with Crippen LogP contribution in [0, 0.1) is 17.7 Å². The molecule has 0 saturated carbocycles. The van der Waals surface area contributed by atoms with Crippen LogP contribution in [0.15, 0.2) is 18.2 Å². The van der Waals surface area contributed by atoms with E-state index in [0.717, 1.165) is 0 Å². The van der Waals surface area contributed by atoms with Gasteiger partial charge in [0.2, 0.25) is 0 Å². The Kier molecular flexibility index (Phi) is 5.92. The zero-order chi connectivity index (χ0) is 14.3. The second kappa shape index (κ2) is 7.21. The minimum atomic E-state index is -3.62. The normalized spacial score (nSPS) is 10.9. The summed E-state index contributed by atoms with van der Waals surface area (Å²) in [5.74, 6) is 4.54. The molecule has 0 radical (unpaired) electrons. The molecule has 5 nitrogen and oxygen atoms in total. The molecule has 0 amide bonds. The fourth-order valence-electron chi connectivity index (χ4n) is 1.34. The van der Waals surface area contributed by atoms with Crippen molar-refractivity contribution >= 4 is 10.2 Å². The van der Waals surface area contributed by atoms with Crippen LogP contribution in [0.4, 0.5) is 4.39 Å². The Morgan fingerprint density at radius 3 is 2.74 bits per heavy atom. The van der Waals surface area contributed by atoms with Gasteiger partial charge >= 0.3 is 0 Å². The van der Waals surface area contributed by atoms with Crippen LogP contribution in [0.2, 0.25) is 0 Å². The summed E-state index contributed by atoms with van der Waals surface area (Å²) in [5, 5.41) is 8.57. The molecule has 0 aromatic heterocycles. The van der Waals surface area contributed by atoms with Crippen LogP contribution >= 0.6 is 0 Å². The second-order valence-electron chi connectivity index (χ2n) is 3.59. The standard InChI is InChI=1S/C12H15FN2O3S/c1-2-14-19(17,18)15-9-11-8-10(4-3-7-16)5-6-12(11)13/h5-6,8,14-16H,2,7,9H2,1H3. The molecule has 0 aliphatic rings. The summed E-state index contributed by atoms with van der Waals surface area (Å²) in [5.41, 5.74) is 0.694. The summed E-state index contributed by atoms with van der Waals surface area (Å²) in [4.78, 5) is 0. The first-order chi connectivity index (χ1) is 8.98. The second-order valence-corrected chi connectivity index (χ2v) is 5.17. The fourth-order valence-corrected chi connectivity index (χ4v) is 2.17. The highest BCUT2D eigenvalue weighted by Gasteiger charge is 2.09. The van der Waals surface area contributed by atoms with Gasteiger partial charge in [0.1, 0.15) is 12.4 Å². The number of aliphatic hydroxyl groups excluding tert-OH is 1. The van der Waals surface area contributed by atoms with E-state index in [4.69, 9.17) is 5.11 Å². The average Bonchev–Trinajstić information content (AvgIpc) is 2.36. The van der Waals surface area contributed by atoms with Gasteiger partial charge in [0.15, 0.2) is 0 Å². The molecule has 0 heterocycles. The molecule has 0 bridgehead atoms. The smallest absolute Gasteiger partial charge is 0.277 e. The van der Waals surface area contributed by atoms with Crippen LogP contribution in [0.3, 0.4) is 0 Å². The molecule has 104 valence electrons. The lowest BCUT2D eigenvalue weighted by molar-refractivity contribution is 0.350. The third kappa shape index (κ3) is 5.36. The third-order valence-electron chi connectivity index (χ3n) is 2.14. The summed E-state index contributed by atoms with van der Waals surface area (Å²) in [6.45, 7) is 1.43. The molecule has 1 aromatic rings. The molecular weight excluding hydrogens is 271 g/mol. The molecule has 0 aliphatic heterocycles. The molecule has 0 fully saturated rings. The van der Waals surface area contributed by atoms with Crippen molar-refractivity contribution in [1.82, 2.24) is 9.44 Å². The van der Waals surface area contributed by atoms with Crippen LogP contribution in [0.25, 0.3) is 0 Å². The van der Waals surface area contributed by atoms with Crippen molar-refractivity contribution in [2.45, 2.75) is 13.5 Å². The minimum absolute atomic E-state index is 0.171. The Bertz CT molecular complexity index is 591. The summed E-state index contributed by atoms with van der Waals surface area (Å²) < 4.78 is 40.7. The number of nitrogens with one attached hydrogen (secondary N) is 2. The molecule has 1 rings (SSSR count). The van der Waals surface area contributed by atoms with Gasteiger partial charge in [-0.3, -0.25) is 0 Å². The molecular formula is C12H15FN2O3S. The van der Waals surface area contributed by atoms with E-state index in [0.29, 0.717) is 5.56 Å². The predicted molar refractivity (Wildman–Crippen MR) is 69.8 cm³/mol. The van der Waals surface area contributed by atoms with Gasteiger partial charge in [-0.05, 0) is 18.2 Å². The zero-order valence-electron chi connectivity index (χ0n) is 10.4. The van der Waals surface area contributed by atoms with E-state index in [-0.39, 0.29) is 25.3 Å². The van der Waals surface area contributed by atoms with Crippen molar-refractivity contribution in [2.24, 2.45) is 0 Å². The Labute approximate surface area is 112 Å². The van der Waals surface area contributed by atoms with E-state index in [2.05, 4.69) is 21.3 Å². The largest absolute Gasteiger partial charge is 0.384 e. The van der Waals surface area contributed by atoms with E-state index >= 15 is 0 Å². The number of benzene rings is 1. The maximum atomic E-state index is 13.5. The molecule has 3 N–H and O–H groups in total. The molecule has 0 aliphatic carbocycles. The molecule has 19 heavy (non-hydrogen) atoms. The van der Waals surface area contributed by atoms with Crippen LogP contribution in [0.1, 0.15) is 18.1 Å². The average molecular weight is 286 g/mol. The molecule has 0 atom stereocenters. The monoisotopic (exact) mass is 286 g/mol. The van der Waals surface area contributed by atoms with E-state index in [1.54, 1.807) is 6.92 Å². The number of rotatable bonds is 5. The van der Waals surface area contributed by atoms with Crippen molar-refractivity contribution in [3.63, 3.8) is 0 Å². The number of hydrogen-bond acceptors (Lipinski definition) is 3. The quantitative estimate of drug-likeness (QED) is 0.672. The summed E-state index contributed by atoms with van der Waals surface area (Å²) in [6.07, 6.45) is 0. The first-order valence-corrected chi connectivity index (χ1v) is 7.09. The summed E-state index contributed by atoms with van der Waals surface area (Å²) in [7, 11) is -3.62. The molecule has 7 heteroatoms. The van der Waals surface area contributed by atoms with Crippen molar-refractivity contribution in [3.05, 3.63) is 35.1 Å². The Morgan fingerprint density at radius 2 is 2.11 bits per heavy atom. The van der Waals surface area contributed by atoms with E-state index in [1.807, 2.05) is 0 Å². The Balaban J connectivity index is 2.83. The minimum Gasteiger partial charge on any atom is -0.384 e. The summed E-state index contributed by atoms with van der Waals surface area (Å²) in [6, 6.07) is 4.10. The maximum absolute atomic E-state index is 13.5. The van der Waals surface area contributed by atoms with Crippen LogP contribution < -0.4 is 9.44 Å². The van der Waals surface area contributed by atoms with E-state index < -0.39 is 16.0 Å². The first kappa shape index (κ1) is 15.6. The van der Waals surface area contributed by atoms with Gasteiger partial charge in [-0.15, -0.1) is 0 Å². The lowest BCUT2D eigenvalue weighted by Gasteiger charge is -2.07. The van der Waals surface area contributed by atoms with Gasteiger partial charge in [-0.2, -0.15) is 13.1 Å². The van der Waals surface area contributed by atoms with E-state index in [1.165, 1.54) is 18.2 Å². The third-order valence-corrected chi connectivity index (χ3v) is 3.34. The Morgan fingerprint density at radius 1 is 1.37 bits per heavy atom. The van der Waals surface area contributed by atoms with Gasteiger partial charge in [0.05, 0.1) is 0 Å². The van der Waals surface area contributed by atoms with Crippen molar-refractivity contribution in [3.8, 4) is 11.8 Å². The van der Waals surface area contributed by atoms with Crippen molar-refractivity contribution in [2.75, 3.05) is 13.2 Å². The topological polar surface area (TPSA) is 78.4 Å². The van der Waals surface area contributed by atoms with Gasteiger partial charge in [-0.1, -0.05) is 18.8 Å². The highest BCUT2D eigenvalue weighted by atomic mass is 32.2. The maximum Gasteiger partial charge on any atom is 0.277 e. The lowest BCUT2D eigenvalue weighted by atomic mass is 10.1. The number of hydrogen-bond donors (Lipinski definition) is 3.